The number of halogens is 1. The van der Waals surface area contributed by atoms with Crippen LogP contribution in [0.3, 0.4) is 0 Å². The summed E-state index contributed by atoms with van der Waals surface area (Å²) in [4.78, 5) is 10.5. The lowest BCUT2D eigenvalue weighted by Gasteiger charge is -2.07. The Morgan fingerprint density at radius 2 is 2.17 bits per heavy atom. The number of aldehydes is 1. The number of benzene rings is 1. The van der Waals surface area contributed by atoms with Crippen molar-refractivity contribution in [2.75, 3.05) is 0 Å². The Morgan fingerprint density at radius 1 is 1.50 bits per heavy atom. The van der Waals surface area contributed by atoms with Crippen LogP contribution in [0.15, 0.2) is 18.2 Å². The minimum atomic E-state index is -0.0660. The van der Waals surface area contributed by atoms with Crippen LogP contribution in [0.25, 0.3) is 0 Å². The van der Waals surface area contributed by atoms with Gasteiger partial charge in [-0.05, 0) is 30.2 Å². The molecular formula is C10H11ClO. The van der Waals surface area contributed by atoms with Crippen molar-refractivity contribution in [1.29, 1.82) is 0 Å². The molecule has 0 aliphatic heterocycles. The lowest BCUT2D eigenvalue weighted by atomic mass is 9.98. The Bertz CT molecular complexity index is 294. The standard InChI is InChI=1S/C10H11ClO/c1-7-3-4-9(11)5-10(7)8(2)6-12/h3-6,8H,1-2H3. The predicted octanol–water partition coefficient (Wildman–Crippen LogP) is 2.95. The molecule has 1 atom stereocenters. The van der Waals surface area contributed by atoms with E-state index >= 15 is 0 Å². The van der Waals surface area contributed by atoms with Gasteiger partial charge in [-0.15, -0.1) is 0 Å². The quantitative estimate of drug-likeness (QED) is 0.643. The first-order chi connectivity index (χ1) is 5.65. The van der Waals surface area contributed by atoms with Crippen LogP contribution in [-0.4, -0.2) is 6.29 Å². The van der Waals surface area contributed by atoms with Crippen molar-refractivity contribution >= 4 is 17.9 Å². The molecule has 1 unspecified atom stereocenters. The summed E-state index contributed by atoms with van der Waals surface area (Å²) in [5, 5.41) is 0.685. The maximum absolute atomic E-state index is 10.5. The SMILES string of the molecule is Cc1ccc(Cl)cc1C(C)C=O. The van der Waals surface area contributed by atoms with Crippen molar-refractivity contribution in [2.24, 2.45) is 0 Å². The molecule has 0 aromatic heterocycles. The molecule has 64 valence electrons. The highest BCUT2D eigenvalue weighted by Gasteiger charge is 2.06. The third-order valence-corrected chi connectivity index (χ3v) is 2.17. The van der Waals surface area contributed by atoms with Crippen molar-refractivity contribution in [3.8, 4) is 0 Å². The maximum Gasteiger partial charge on any atom is 0.127 e. The zero-order valence-electron chi connectivity index (χ0n) is 7.17. The molecular weight excluding hydrogens is 172 g/mol. The second kappa shape index (κ2) is 3.72. The molecule has 1 aromatic rings. The molecule has 12 heavy (non-hydrogen) atoms. The number of carbonyl (C=O) groups excluding carboxylic acids is 1. The average Bonchev–Trinajstić information content (AvgIpc) is 2.08. The molecule has 0 saturated carbocycles. The Labute approximate surface area is 77.4 Å². The Morgan fingerprint density at radius 3 is 2.75 bits per heavy atom. The number of aryl methyl sites for hydroxylation is 1. The summed E-state index contributed by atoms with van der Waals surface area (Å²) in [6.45, 7) is 3.84. The molecule has 0 heterocycles. The molecule has 0 amide bonds. The van der Waals surface area contributed by atoms with Gasteiger partial charge in [0.25, 0.3) is 0 Å². The molecule has 0 saturated heterocycles. The molecule has 1 aromatic carbocycles. The summed E-state index contributed by atoms with van der Waals surface area (Å²) in [6.07, 6.45) is 0.929. The van der Waals surface area contributed by atoms with E-state index in [1.807, 2.05) is 32.0 Å². The normalized spacial score (nSPS) is 12.6. The van der Waals surface area contributed by atoms with Gasteiger partial charge in [0, 0.05) is 10.9 Å². The first-order valence-electron chi connectivity index (χ1n) is 3.86. The van der Waals surface area contributed by atoms with Crippen molar-refractivity contribution in [2.45, 2.75) is 19.8 Å². The summed E-state index contributed by atoms with van der Waals surface area (Å²) in [7, 11) is 0. The van der Waals surface area contributed by atoms with Crippen LogP contribution in [0.4, 0.5) is 0 Å². The van der Waals surface area contributed by atoms with Gasteiger partial charge < -0.3 is 4.79 Å². The van der Waals surface area contributed by atoms with E-state index in [4.69, 9.17) is 11.6 Å². The fourth-order valence-electron chi connectivity index (χ4n) is 1.18. The predicted molar refractivity (Wildman–Crippen MR) is 50.7 cm³/mol. The number of carbonyl (C=O) groups is 1. The monoisotopic (exact) mass is 182 g/mol. The smallest absolute Gasteiger partial charge is 0.127 e. The highest BCUT2D eigenvalue weighted by molar-refractivity contribution is 6.30. The van der Waals surface area contributed by atoms with Crippen LogP contribution < -0.4 is 0 Å². The van der Waals surface area contributed by atoms with Crippen LogP contribution in [0, 0.1) is 6.92 Å². The highest BCUT2D eigenvalue weighted by atomic mass is 35.5. The molecule has 0 bridgehead atoms. The zero-order valence-corrected chi connectivity index (χ0v) is 7.93. The molecule has 0 radical (unpaired) electrons. The average molecular weight is 183 g/mol. The van der Waals surface area contributed by atoms with Crippen LogP contribution in [-0.2, 0) is 4.79 Å². The fraction of sp³-hybridized carbons (Fsp3) is 0.300. The second-order valence-corrected chi connectivity index (χ2v) is 3.36. The Hall–Kier alpha value is -0.820. The molecule has 0 aliphatic carbocycles. The van der Waals surface area contributed by atoms with Gasteiger partial charge >= 0.3 is 0 Å². The van der Waals surface area contributed by atoms with Crippen LogP contribution in [0.1, 0.15) is 24.0 Å². The summed E-state index contributed by atoms with van der Waals surface area (Å²) in [5.41, 5.74) is 2.12. The molecule has 1 nitrogen and oxygen atoms in total. The first-order valence-corrected chi connectivity index (χ1v) is 4.24. The highest BCUT2D eigenvalue weighted by Crippen LogP contribution is 2.21. The molecule has 2 heteroatoms. The molecule has 0 fully saturated rings. The van der Waals surface area contributed by atoms with E-state index in [-0.39, 0.29) is 5.92 Å². The number of hydrogen-bond donors (Lipinski definition) is 0. The van der Waals surface area contributed by atoms with E-state index in [1.54, 1.807) is 0 Å². The minimum Gasteiger partial charge on any atom is -0.303 e. The third-order valence-electron chi connectivity index (χ3n) is 1.94. The molecule has 1 rings (SSSR count). The van der Waals surface area contributed by atoms with Crippen LogP contribution >= 0.6 is 11.6 Å². The van der Waals surface area contributed by atoms with E-state index in [0.717, 1.165) is 17.4 Å². The van der Waals surface area contributed by atoms with E-state index in [9.17, 15) is 4.79 Å². The maximum atomic E-state index is 10.5. The van der Waals surface area contributed by atoms with Gasteiger partial charge in [0.15, 0.2) is 0 Å². The van der Waals surface area contributed by atoms with Gasteiger partial charge in [-0.2, -0.15) is 0 Å². The van der Waals surface area contributed by atoms with Crippen molar-refractivity contribution in [3.05, 3.63) is 34.3 Å². The molecule has 0 aliphatic rings. The fourth-order valence-corrected chi connectivity index (χ4v) is 1.36. The van der Waals surface area contributed by atoms with Crippen molar-refractivity contribution in [1.82, 2.24) is 0 Å². The summed E-state index contributed by atoms with van der Waals surface area (Å²) >= 11 is 5.80. The third kappa shape index (κ3) is 1.86. The van der Waals surface area contributed by atoms with E-state index in [2.05, 4.69) is 0 Å². The van der Waals surface area contributed by atoms with E-state index in [0.29, 0.717) is 5.02 Å². The van der Waals surface area contributed by atoms with Gasteiger partial charge in [-0.25, -0.2) is 0 Å². The lowest BCUT2D eigenvalue weighted by molar-refractivity contribution is -0.108. The number of rotatable bonds is 2. The largest absolute Gasteiger partial charge is 0.303 e. The first kappa shape index (κ1) is 9.27. The van der Waals surface area contributed by atoms with E-state index < -0.39 is 0 Å². The van der Waals surface area contributed by atoms with Gasteiger partial charge in [-0.1, -0.05) is 24.6 Å². The number of hydrogen-bond acceptors (Lipinski definition) is 1. The summed E-state index contributed by atoms with van der Waals surface area (Å²) < 4.78 is 0. The summed E-state index contributed by atoms with van der Waals surface area (Å²) in [5.74, 6) is -0.0660. The minimum absolute atomic E-state index is 0.0660. The molecule has 0 spiro atoms. The van der Waals surface area contributed by atoms with Crippen LogP contribution in [0.5, 0.6) is 0 Å². The lowest BCUT2D eigenvalue weighted by Crippen LogP contribution is -1.96. The molecule has 0 N–H and O–H groups in total. The van der Waals surface area contributed by atoms with Gasteiger partial charge in [0.2, 0.25) is 0 Å². The van der Waals surface area contributed by atoms with Crippen molar-refractivity contribution < 1.29 is 4.79 Å². The second-order valence-electron chi connectivity index (χ2n) is 2.93. The van der Waals surface area contributed by atoms with Crippen molar-refractivity contribution in [3.63, 3.8) is 0 Å². The van der Waals surface area contributed by atoms with Crippen LogP contribution in [0.2, 0.25) is 5.02 Å². The van der Waals surface area contributed by atoms with Gasteiger partial charge in [0.05, 0.1) is 0 Å². The summed E-state index contributed by atoms with van der Waals surface area (Å²) in [6, 6.07) is 5.60. The van der Waals surface area contributed by atoms with E-state index in [1.165, 1.54) is 0 Å². The van der Waals surface area contributed by atoms with Gasteiger partial charge in [-0.3, -0.25) is 0 Å². The Kier molecular flexibility index (Phi) is 2.88. The van der Waals surface area contributed by atoms with Gasteiger partial charge in [0.1, 0.15) is 6.29 Å². The zero-order chi connectivity index (χ0) is 9.14. The topological polar surface area (TPSA) is 17.1 Å². The Balaban J connectivity index is 3.12.